The summed E-state index contributed by atoms with van der Waals surface area (Å²) in [4.78, 5) is 13.6. The lowest BCUT2D eigenvalue weighted by Crippen LogP contribution is -2.21. The number of rotatable bonds is 6. The lowest BCUT2D eigenvalue weighted by molar-refractivity contribution is 0.0700. The number of carboxylic acids is 1. The highest BCUT2D eigenvalue weighted by Crippen LogP contribution is 2.34. The summed E-state index contributed by atoms with van der Waals surface area (Å²) in [5.74, 6) is -0.373. The van der Waals surface area contributed by atoms with Crippen molar-refractivity contribution in [3.63, 3.8) is 0 Å². The lowest BCUT2D eigenvalue weighted by atomic mass is 10.1. The number of benzene rings is 1. The Morgan fingerprint density at radius 2 is 2.25 bits per heavy atom. The fourth-order valence-corrected chi connectivity index (χ4v) is 3.65. The summed E-state index contributed by atoms with van der Waals surface area (Å²) in [7, 11) is 1.92. The maximum atomic E-state index is 14.0. The largest absolute Gasteiger partial charge is 0.477 e. The molecule has 0 aliphatic rings. The number of carbonyl (C=O) groups is 1. The Hall–Kier alpha value is -1.11. The number of hydrogen-bond donors (Lipinski definition) is 1. The molecule has 0 saturated carbocycles. The molecule has 1 heterocycles. The second kappa shape index (κ2) is 6.56. The van der Waals surface area contributed by atoms with Gasteiger partial charge in [0, 0.05) is 34.5 Å². The molecule has 0 aliphatic heterocycles. The molecule has 0 atom stereocenters. The Labute approximate surface area is 125 Å². The average molecular weight is 313 g/mol. The zero-order chi connectivity index (χ0) is 14.7. The highest BCUT2D eigenvalue weighted by molar-refractivity contribution is 7.98. The molecule has 0 unspecified atom stereocenters. The highest BCUT2D eigenvalue weighted by Gasteiger charge is 2.20. The number of hydrogen-bond acceptors (Lipinski definition) is 4. The van der Waals surface area contributed by atoms with Crippen LogP contribution in [-0.4, -0.2) is 41.6 Å². The van der Waals surface area contributed by atoms with Crippen LogP contribution in [0.5, 0.6) is 0 Å². The Balaban J connectivity index is 2.43. The van der Waals surface area contributed by atoms with Gasteiger partial charge in [0.2, 0.25) is 0 Å². The van der Waals surface area contributed by atoms with E-state index in [0.29, 0.717) is 22.2 Å². The zero-order valence-corrected chi connectivity index (χ0v) is 13.0. The minimum absolute atomic E-state index is 0.237. The molecule has 2 rings (SSSR count). The minimum Gasteiger partial charge on any atom is -0.477 e. The molecule has 3 nitrogen and oxygen atoms in total. The third-order valence-electron chi connectivity index (χ3n) is 3.06. The molecule has 0 radical (unpaired) electrons. The van der Waals surface area contributed by atoms with Gasteiger partial charge in [-0.3, -0.25) is 0 Å². The van der Waals surface area contributed by atoms with E-state index in [2.05, 4.69) is 0 Å². The monoisotopic (exact) mass is 313 g/mol. The van der Waals surface area contributed by atoms with Crippen molar-refractivity contribution in [1.82, 2.24) is 4.90 Å². The lowest BCUT2D eigenvalue weighted by Gasteiger charge is -2.16. The number of aromatic carboxylic acids is 1. The van der Waals surface area contributed by atoms with Crippen molar-refractivity contribution in [3.8, 4) is 0 Å². The molecular weight excluding hydrogens is 297 g/mol. The minimum atomic E-state index is -0.987. The maximum Gasteiger partial charge on any atom is 0.346 e. The average Bonchev–Trinajstić information content (AvgIpc) is 2.77. The van der Waals surface area contributed by atoms with Gasteiger partial charge in [-0.05, 0) is 25.4 Å². The fourth-order valence-electron chi connectivity index (χ4n) is 2.09. The van der Waals surface area contributed by atoms with Crippen molar-refractivity contribution in [3.05, 3.63) is 34.5 Å². The Bertz CT molecular complexity index is 627. The predicted molar refractivity (Wildman–Crippen MR) is 83.5 cm³/mol. The van der Waals surface area contributed by atoms with Gasteiger partial charge < -0.3 is 10.0 Å². The van der Waals surface area contributed by atoms with Crippen LogP contribution in [0.1, 0.15) is 15.2 Å². The van der Waals surface area contributed by atoms with Gasteiger partial charge >= 0.3 is 5.97 Å². The smallest absolute Gasteiger partial charge is 0.346 e. The van der Waals surface area contributed by atoms with Crippen LogP contribution in [0, 0.1) is 5.82 Å². The first kappa shape index (κ1) is 15.3. The van der Waals surface area contributed by atoms with Crippen LogP contribution in [0.25, 0.3) is 10.1 Å². The number of thiophene rings is 1. The Morgan fingerprint density at radius 1 is 1.50 bits per heavy atom. The number of carboxylic acid groups (broad SMARTS) is 1. The second-order valence-electron chi connectivity index (χ2n) is 4.56. The first-order chi connectivity index (χ1) is 9.54. The molecule has 1 aromatic heterocycles. The summed E-state index contributed by atoms with van der Waals surface area (Å²) in [5, 5.41) is 9.76. The normalized spacial score (nSPS) is 11.4. The summed E-state index contributed by atoms with van der Waals surface area (Å²) in [6.45, 7) is 1.29. The third-order valence-corrected chi connectivity index (χ3v) is 4.84. The van der Waals surface area contributed by atoms with Gasteiger partial charge in [0.15, 0.2) is 0 Å². The molecule has 20 heavy (non-hydrogen) atoms. The van der Waals surface area contributed by atoms with Crippen LogP contribution in [0.15, 0.2) is 18.2 Å². The summed E-state index contributed by atoms with van der Waals surface area (Å²) >= 11 is 2.87. The molecule has 6 heteroatoms. The fraction of sp³-hybridized carbons (Fsp3) is 0.357. The van der Waals surface area contributed by atoms with Gasteiger partial charge in [0.1, 0.15) is 10.7 Å². The molecule has 108 valence electrons. The zero-order valence-electron chi connectivity index (χ0n) is 11.4. The van der Waals surface area contributed by atoms with Gasteiger partial charge in [-0.2, -0.15) is 11.8 Å². The topological polar surface area (TPSA) is 40.5 Å². The molecule has 1 N–H and O–H groups in total. The quantitative estimate of drug-likeness (QED) is 0.885. The summed E-state index contributed by atoms with van der Waals surface area (Å²) in [5.41, 5.74) is 0.583. The number of nitrogens with zero attached hydrogens (tertiary/aromatic N) is 1. The van der Waals surface area contributed by atoms with Gasteiger partial charge in [0.05, 0.1) is 0 Å². The van der Waals surface area contributed by atoms with E-state index in [9.17, 15) is 14.3 Å². The summed E-state index contributed by atoms with van der Waals surface area (Å²) in [6.07, 6.45) is 2.02. The SMILES string of the molecule is CSCCN(C)Cc1c(C(=O)O)sc2cccc(F)c12. The summed E-state index contributed by atoms with van der Waals surface area (Å²) < 4.78 is 14.7. The van der Waals surface area contributed by atoms with Crippen LogP contribution >= 0.6 is 23.1 Å². The molecular formula is C14H16FNO2S2. The maximum absolute atomic E-state index is 14.0. The molecule has 1 aromatic carbocycles. The first-order valence-corrected chi connectivity index (χ1v) is 8.36. The van der Waals surface area contributed by atoms with Crippen molar-refractivity contribution in [2.75, 3.05) is 25.6 Å². The molecule has 0 bridgehead atoms. The van der Waals surface area contributed by atoms with Gasteiger partial charge in [-0.15, -0.1) is 11.3 Å². The van der Waals surface area contributed by atoms with Gasteiger partial charge in [-0.1, -0.05) is 6.07 Å². The van der Waals surface area contributed by atoms with E-state index in [1.165, 1.54) is 6.07 Å². The van der Waals surface area contributed by atoms with Crippen molar-refractivity contribution >= 4 is 39.2 Å². The number of halogens is 1. The molecule has 0 fully saturated rings. The number of fused-ring (bicyclic) bond motifs is 1. The molecule has 0 saturated heterocycles. The van der Waals surface area contributed by atoms with Gasteiger partial charge in [-0.25, -0.2) is 9.18 Å². The van der Waals surface area contributed by atoms with Crippen molar-refractivity contribution < 1.29 is 14.3 Å². The van der Waals surface area contributed by atoms with Crippen molar-refractivity contribution in [2.45, 2.75) is 6.54 Å². The van der Waals surface area contributed by atoms with Crippen LogP contribution in [0.3, 0.4) is 0 Å². The van der Waals surface area contributed by atoms with E-state index in [1.807, 2.05) is 18.2 Å². The van der Waals surface area contributed by atoms with Crippen LogP contribution in [-0.2, 0) is 6.54 Å². The number of thioether (sulfide) groups is 1. The van der Waals surface area contributed by atoms with E-state index in [0.717, 1.165) is 23.6 Å². The van der Waals surface area contributed by atoms with Gasteiger partial charge in [0.25, 0.3) is 0 Å². The molecule has 0 amide bonds. The van der Waals surface area contributed by atoms with E-state index >= 15 is 0 Å². The Morgan fingerprint density at radius 3 is 2.90 bits per heavy atom. The standard InChI is InChI=1S/C14H16FNO2S2/c1-16(6-7-19-2)8-9-12-10(15)4-3-5-11(12)20-13(9)14(17)18/h3-5H,6-8H2,1-2H3,(H,17,18). The summed E-state index contributed by atoms with van der Waals surface area (Å²) in [6, 6.07) is 4.76. The molecule has 0 spiro atoms. The van der Waals surface area contributed by atoms with Crippen LogP contribution < -0.4 is 0 Å². The second-order valence-corrected chi connectivity index (χ2v) is 6.60. The Kier molecular flexibility index (Phi) is 5.01. The third kappa shape index (κ3) is 3.13. The van der Waals surface area contributed by atoms with E-state index in [4.69, 9.17) is 0 Å². The highest BCUT2D eigenvalue weighted by atomic mass is 32.2. The van der Waals surface area contributed by atoms with Crippen LogP contribution in [0.2, 0.25) is 0 Å². The first-order valence-electron chi connectivity index (χ1n) is 6.15. The van der Waals surface area contributed by atoms with Crippen molar-refractivity contribution in [1.29, 1.82) is 0 Å². The van der Waals surface area contributed by atoms with Crippen LogP contribution in [0.4, 0.5) is 4.39 Å². The predicted octanol–water partition coefficient (Wildman–Crippen LogP) is 3.53. The molecule has 2 aromatic rings. The van der Waals surface area contributed by atoms with Crippen molar-refractivity contribution in [2.24, 2.45) is 0 Å². The van der Waals surface area contributed by atoms with E-state index in [1.54, 1.807) is 23.9 Å². The van der Waals surface area contributed by atoms with E-state index < -0.39 is 5.97 Å². The molecule has 0 aliphatic carbocycles. The van der Waals surface area contributed by atoms with E-state index in [-0.39, 0.29) is 10.7 Å².